The van der Waals surface area contributed by atoms with Crippen LogP contribution < -0.4 is 11.5 Å². The molecular formula is C24H29N3O7S. The van der Waals surface area contributed by atoms with E-state index >= 15 is 0 Å². The number of amides is 1. The highest BCUT2D eigenvalue weighted by atomic mass is 32.2. The molecule has 4 rings (SSSR count). The van der Waals surface area contributed by atoms with Crippen molar-refractivity contribution in [2.75, 3.05) is 20.4 Å². The van der Waals surface area contributed by atoms with Gasteiger partial charge in [0, 0.05) is 23.8 Å². The third-order valence-corrected chi connectivity index (χ3v) is 8.35. The Hall–Kier alpha value is -2.60. The molecule has 0 saturated heterocycles. The summed E-state index contributed by atoms with van der Waals surface area (Å²) in [7, 11) is 3.10. The van der Waals surface area contributed by atoms with Crippen LogP contribution in [0.1, 0.15) is 33.5 Å². The van der Waals surface area contributed by atoms with Crippen molar-refractivity contribution in [3.05, 3.63) is 28.3 Å². The average molecular weight is 504 g/mol. The molecule has 0 aromatic heterocycles. The first-order valence-corrected chi connectivity index (χ1v) is 12.7. The Balaban J connectivity index is 1.89. The molecule has 11 heteroatoms. The highest BCUT2D eigenvalue weighted by Crippen LogP contribution is 2.51. The lowest BCUT2D eigenvalue weighted by atomic mass is 9.52. The Morgan fingerprint density at radius 1 is 1.20 bits per heavy atom. The maximum Gasteiger partial charge on any atom is 0.235 e. The fraction of sp³-hybridized carbons (Fsp3) is 0.542. The van der Waals surface area contributed by atoms with Crippen LogP contribution in [0.2, 0.25) is 0 Å². The number of phenolic OH excluding ortho intramolecular Hbond substituents is 1. The summed E-state index contributed by atoms with van der Waals surface area (Å²) in [4.78, 5) is 67.3. The minimum absolute atomic E-state index is 0.0106. The van der Waals surface area contributed by atoms with E-state index in [1.54, 1.807) is 20.2 Å². The van der Waals surface area contributed by atoms with Crippen molar-refractivity contribution < 1.29 is 34.2 Å². The van der Waals surface area contributed by atoms with Crippen molar-refractivity contribution in [1.29, 1.82) is 0 Å². The average Bonchev–Trinajstić information content (AvgIpc) is 2.77. The standard InChI is InChI=1S/C24H29N3O7S/c1-27(2)17-13-6-9-5-12-10(7-25)4-11(8-35-3)18(28)15(12)19(29)14(9)21(31)24(13,34)22(32)16(20(17)30)23(26)33/h4,9,13-14,16-17,28,34H,5-8,25H2,1-3H3,(H2,26,33)/t9-,13-,14?,16?,17?,24-/m0/s1. The van der Waals surface area contributed by atoms with Gasteiger partial charge in [0.2, 0.25) is 5.91 Å². The molecule has 3 unspecified atom stereocenters. The summed E-state index contributed by atoms with van der Waals surface area (Å²) in [5.74, 6) is -10.00. The maximum absolute atomic E-state index is 13.8. The quantitative estimate of drug-likeness (QED) is 0.371. The van der Waals surface area contributed by atoms with E-state index in [0.29, 0.717) is 22.4 Å². The van der Waals surface area contributed by atoms with E-state index in [4.69, 9.17) is 11.5 Å². The molecule has 188 valence electrons. The SMILES string of the molecule is CSCc1cc(CN)c2c(c1O)C(=O)C1C(=O)[C@]3(O)C(=O)C(C(N)=O)C(=O)C(N(C)C)[C@@H]3C[C@@H]1C2. The molecule has 0 aliphatic heterocycles. The summed E-state index contributed by atoms with van der Waals surface area (Å²) in [5, 5.41) is 22.5. The first kappa shape index (κ1) is 25.5. The van der Waals surface area contributed by atoms with Gasteiger partial charge in [-0.2, -0.15) is 11.8 Å². The van der Waals surface area contributed by atoms with Crippen LogP contribution in [-0.2, 0) is 37.9 Å². The molecule has 0 radical (unpaired) electrons. The Bertz CT molecular complexity index is 1170. The Morgan fingerprint density at radius 2 is 1.86 bits per heavy atom. The predicted octanol–water partition coefficient (Wildman–Crippen LogP) is -0.811. The number of aliphatic hydroxyl groups is 1. The van der Waals surface area contributed by atoms with E-state index in [0.717, 1.165) is 0 Å². The lowest BCUT2D eigenvalue weighted by molar-refractivity contribution is -0.181. The number of hydrogen-bond donors (Lipinski definition) is 4. The van der Waals surface area contributed by atoms with Crippen molar-refractivity contribution in [1.82, 2.24) is 4.90 Å². The second kappa shape index (κ2) is 8.81. The minimum atomic E-state index is -2.72. The zero-order valence-corrected chi connectivity index (χ0v) is 20.6. The van der Waals surface area contributed by atoms with Crippen LogP contribution in [-0.4, -0.2) is 76.1 Å². The lowest BCUT2D eigenvalue weighted by Gasteiger charge is -2.52. The Labute approximate surface area is 206 Å². The lowest BCUT2D eigenvalue weighted by Crippen LogP contribution is -2.74. The number of Topliss-reactive ketones (excluding diaryl/α,β-unsaturated/α-hetero) is 4. The van der Waals surface area contributed by atoms with Gasteiger partial charge in [0.05, 0.1) is 17.5 Å². The zero-order valence-electron chi connectivity index (χ0n) is 19.7. The smallest absolute Gasteiger partial charge is 0.235 e. The van der Waals surface area contributed by atoms with Crippen LogP contribution in [0.3, 0.4) is 0 Å². The number of ketones is 4. The van der Waals surface area contributed by atoms with Gasteiger partial charge in [-0.1, -0.05) is 0 Å². The molecule has 35 heavy (non-hydrogen) atoms. The van der Waals surface area contributed by atoms with Gasteiger partial charge in [-0.3, -0.25) is 28.9 Å². The van der Waals surface area contributed by atoms with E-state index in [9.17, 15) is 34.2 Å². The summed E-state index contributed by atoms with van der Waals surface area (Å²) in [6, 6.07) is 0.635. The number of fused-ring (bicyclic) bond motifs is 3. The summed E-state index contributed by atoms with van der Waals surface area (Å²) < 4.78 is 0. The Morgan fingerprint density at radius 3 is 2.40 bits per heavy atom. The van der Waals surface area contributed by atoms with Crippen LogP contribution >= 0.6 is 11.8 Å². The molecular weight excluding hydrogens is 474 g/mol. The van der Waals surface area contributed by atoms with E-state index in [2.05, 4.69) is 0 Å². The summed E-state index contributed by atoms with van der Waals surface area (Å²) in [5.41, 5.74) is 10.3. The largest absolute Gasteiger partial charge is 0.507 e. The third-order valence-electron chi connectivity index (χ3n) is 7.75. The molecule has 2 fully saturated rings. The molecule has 2 saturated carbocycles. The number of benzene rings is 1. The fourth-order valence-corrected chi connectivity index (χ4v) is 6.79. The summed E-state index contributed by atoms with van der Waals surface area (Å²) in [6.45, 7) is 0.119. The van der Waals surface area contributed by atoms with Gasteiger partial charge in [-0.05, 0) is 56.3 Å². The van der Waals surface area contributed by atoms with E-state index in [-0.39, 0.29) is 30.7 Å². The fourth-order valence-electron chi connectivity index (χ4n) is 6.26. The predicted molar refractivity (Wildman–Crippen MR) is 126 cm³/mol. The van der Waals surface area contributed by atoms with Crippen LogP contribution in [0.5, 0.6) is 5.75 Å². The minimum Gasteiger partial charge on any atom is -0.507 e. The van der Waals surface area contributed by atoms with Crippen molar-refractivity contribution in [2.24, 2.45) is 35.1 Å². The van der Waals surface area contributed by atoms with Gasteiger partial charge in [0.1, 0.15) is 5.75 Å². The maximum atomic E-state index is 13.8. The van der Waals surface area contributed by atoms with Gasteiger partial charge >= 0.3 is 0 Å². The molecule has 0 heterocycles. The van der Waals surface area contributed by atoms with Gasteiger partial charge in [0.15, 0.2) is 34.7 Å². The van der Waals surface area contributed by atoms with Gasteiger partial charge < -0.3 is 21.7 Å². The number of carbonyl (C=O) groups excluding carboxylic acids is 5. The number of nitrogens with two attached hydrogens (primary N) is 2. The van der Waals surface area contributed by atoms with Crippen molar-refractivity contribution >= 4 is 40.8 Å². The van der Waals surface area contributed by atoms with Crippen molar-refractivity contribution in [3.63, 3.8) is 0 Å². The molecule has 1 aromatic rings. The number of phenols is 1. The number of carbonyl (C=O) groups is 5. The summed E-state index contributed by atoms with van der Waals surface area (Å²) in [6.07, 6.45) is 2.07. The van der Waals surface area contributed by atoms with Crippen LogP contribution in [0.4, 0.5) is 0 Å². The van der Waals surface area contributed by atoms with Gasteiger partial charge in [0.25, 0.3) is 0 Å². The van der Waals surface area contributed by atoms with Crippen LogP contribution in [0.25, 0.3) is 0 Å². The molecule has 0 spiro atoms. The molecule has 6 N–H and O–H groups in total. The Kier molecular flexibility index (Phi) is 6.41. The number of rotatable bonds is 5. The number of likely N-dealkylation sites (N-methyl/N-ethyl adjacent to an activating group) is 1. The van der Waals surface area contributed by atoms with E-state index in [1.165, 1.54) is 16.7 Å². The molecule has 1 amide bonds. The van der Waals surface area contributed by atoms with Gasteiger partial charge in [-0.25, -0.2) is 0 Å². The highest BCUT2D eigenvalue weighted by molar-refractivity contribution is 7.97. The number of aromatic hydroxyl groups is 1. The number of hydrogen-bond acceptors (Lipinski definition) is 10. The van der Waals surface area contributed by atoms with Crippen molar-refractivity contribution in [3.8, 4) is 5.75 Å². The number of primary amides is 1. The number of nitrogens with zero attached hydrogens (tertiary/aromatic N) is 1. The van der Waals surface area contributed by atoms with Crippen LogP contribution in [0, 0.1) is 23.7 Å². The molecule has 3 aliphatic rings. The first-order valence-electron chi connectivity index (χ1n) is 11.3. The van der Waals surface area contributed by atoms with E-state index < -0.39 is 64.4 Å². The normalized spacial score (nSPS) is 32.3. The highest BCUT2D eigenvalue weighted by Gasteiger charge is 2.69. The van der Waals surface area contributed by atoms with Gasteiger partial charge in [-0.15, -0.1) is 0 Å². The molecule has 10 nitrogen and oxygen atoms in total. The zero-order chi connectivity index (χ0) is 26.0. The third kappa shape index (κ3) is 3.47. The van der Waals surface area contributed by atoms with Crippen molar-refractivity contribution in [2.45, 2.75) is 36.8 Å². The topological polar surface area (TPSA) is 181 Å². The summed E-state index contributed by atoms with van der Waals surface area (Å²) >= 11 is 1.44. The monoisotopic (exact) mass is 503 g/mol. The molecule has 6 atom stereocenters. The van der Waals surface area contributed by atoms with Crippen LogP contribution in [0.15, 0.2) is 6.07 Å². The second-order valence-electron chi connectivity index (χ2n) is 9.82. The van der Waals surface area contributed by atoms with E-state index in [1.807, 2.05) is 6.26 Å². The molecule has 3 aliphatic carbocycles. The first-order chi connectivity index (χ1) is 16.4. The molecule has 0 bridgehead atoms. The number of thioether (sulfide) groups is 1. The molecule has 1 aromatic carbocycles. The second-order valence-corrected chi connectivity index (χ2v) is 10.7.